The van der Waals surface area contributed by atoms with Crippen LogP contribution in [-0.2, 0) is 26.2 Å². The number of nitrogens with one attached hydrogen (secondary N) is 1. The van der Waals surface area contributed by atoms with Crippen molar-refractivity contribution in [1.82, 2.24) is 10.2 Å². The topological polar surface area (TPSA) is 86.8 Å². The number of aryl methyl sites for hydroxylation is 2. The van der Waals surface area contributed by atoms with Gasteiger partial charge in [-0.2, -0.15) is 0 Å². The van der Waals surface area contributed by atoms with Crippen molar-refractivity contribution in [2.24, 2.45) is 0 Å². The molecule has 3 aromatic rings. The normalized spacial score (nSPS) is 12.8. The van der Waals surface area contributed by atoms with E-state index in [0.717, 1.165) is 27.4 Å². The Hall–Kier alpha value is -3.65. The van der Waals surface area contributed by atoms with Crippen molar-refractivity contribution in [3.8, 4) is 0 Å². The van der Waals surface area contributed by atoms with Gasteiger partial charge in [0.05, 0.1) is 10.6 Å². The summed E-state index contributed by atoms with van der Waals surface area (Å²) in [7, 11) is -4.06. The van der Waals surface area contributed by atoms with E-state index in [1.807, 2.05) is 71.0 Å². The molecule has 0 fully saturated rings. The lowest BCUT2D eigenvalue weighted by Gasteiger charge is -2.33. The number of anilines is 1. The first-order valence-corrected chi connectivity index (χ1v) is 14.8. The molecule has 0 saturated heterocycles. The van der Waals surface area contributed by atoms with Gasteiger partial charge in [-0.3, -0.25) is 13.9 Å². The molecule has 39 heavy (non-hydrogen) atoms. The fourth-order valence-electron chi connectivity index (χ4n) is 4.21. The quantitative estimate of drug-likeness (QED) is 0.336. The van der Waals surface area contributed by atoms with Crippen LogP contribution in [0, 0.1) is 13.8 Å². The number of hydrogen-bond acceptors (Lipinski definition) is 4. The van der Waals surface area contributed by atoms with Gasteiger partial charge in [0.2, 0.25) is 11.8 Å². The van der Waals surface area contributed by atoms with Gasteiger partial charge in [-0.1, -0.05) is 79.6 Å². The number of amides is 2. The third-order valence-electron chi connectivity index (χ3n) is 6.79. The molecule has 8 heteroatoms. The summed E-state index contributed by atoms with van der Waals surface area (Å²) in [5, 5.41) is 2.99. The van der Waals surface area contributed by atoms with Gasteiger partial charge in [0.15, 0.2) is 0 Å². The maximum absolute atomic E-state index is 14.0. The Morgan fingerprint density at radius 2 is 1.38 bits per heavy atom. The zero-order chi connectivity index (χ0) is 28.6. The van der Waals surface area contributed by atoms with E-state index in [4.69, 9.17) is 0 Å². The molecule has 0 aromatic heterocycles. The minimum absolute atomic E-state index is 0.0506. The Balaban J connectivity index is 2.03. The predicted molar refractivity (Wildman–Crippen MR) is 156 cm³/mol. The van der Waals surface area contributed by atoms with Gasteiger partial charge in [0.1, 0.15) is 12.6 Å². The summed E-state index contributed by atoms with van der Waals surface area (Å²) in [4.78, 5) is 28.9. The van der Waals surface area contributed by atoms with Crippen molar-refractivity contribution in [1.29, 1.82) is 0 Å². The fourth-order valence-corrected chi connectivity index (χ4v) is 5.65. The lowest BCUT2D eigenvalue weighted by atomic mass is 10.1. The molecule has 3 aromatic carbocycles. The van der Waals surface area contributed by atoms with Gasteiger partial charge >= 0.3 is 0 Å². The van der Waals surface area contributed by atoms with Crippen molar-refractivity contribution in [3.05, 3.63) is 95.6 Å². The minimum atomic E-state index is -4.06. The molecule has 7 nitrogen and oxygen atoms in total. The van der Waals surface area contributed by atoms with Crippen LogP contribution in [0.25, 0.3) is 0 Å². The highest BCUT2D eigenvalue weighted by Gasteiger charge is 2.33. The van der Waals surface area contributed by atoms with E-state index in [0.29, 0.717) is 12.1 Å². The average molecular weight is 550 g/mol. The van der Waals surface area contributed by atoms with Crippen LogP contribution in [0.4, 0.5) is 5.69 Å². The number of sulfonamides is 1. The second-order valence-electron chi connectivity index (χ2n) is 9.91. The number of hydrogen-bond donors (Lipinski definition) is 1. The third-order valence-corrected chi connectivity index (χ3v) is 8.58. The summed E-state index contributed by atoms with van der Waals surface area (Å²) < 4.78 is 28.7. The zero-order valence-electron chi connectivity index (χ0n) is 23.4. The molecule has 0 aliphatic heterocycles. The molecule has 208 valence electrons. The minimum Gasteiger partial charge on any atom is -0.352 e. The fraction of sp³-hybridized carbons (Fsp3) is 0.355. The summed E-state index contributed by atoms with van der Waals surface area (Å²) in [6.07, 6.45) is 1.14. The molecule has 0 bridgehead atoms. The Kier molecular flexibility index (Phi) is 10.3. The molecule has 0 saturated carbocycles. The van der Waals surface area contributed by atoms with Crippen molar-refractivity contribution in [2.75, 3.05) is 10.8 Å². The van der Waals surface area contributed by atoms with E-state index < -0.39 is 28.5 Å². The first kappa shape index (κ1) is 29.9. The van der Waals surface area contributed by atoms with Crippen LogP contribution in [0.1, 0.15) is 50.3 Å². The second kappa shape index (κ2) is 13.4. The van der Waals surface area contributed by atoms with Crippen LogP contribution < -0.4 is 9.62 Å². The molecule has 3 rings (SSSR count). The Morgan fingerprint density at radius 1 is 0.821 bits per heavy atom. The van der Waals surface area contributed by atoms with Crippen molar-refractivity contribution in [2.45, 2.75) is 71.0 Å². The number of nitrogens with zero attached hydrogens (tertiary/aromatic N) is 2. The molecule has 0 aliphatic rings. The average Bonchev–Trinajstić information content (AvgIpc) is 2.93. The van der Waals surface area contributed by atoms with Crippen molar-refractivity contribution < 1.29 is 18.0 Å². The highest BCUT2D eigenvalue weighted by Crippen LogP contribution is 2.25. The van der Waals surface area contributed by atoms with E-state index in [1.54, 1.807) is 30.3 Å². The number of rotatable bonds is 12. The molecule has 0 aliphatic carbocycles. The lowest BCUT2D eigenvalue weighted by molar-refractivity contribution is -0.140. The van der Waals surface area contributed by atoms with E-state index in [-0.39, 0.29) is 23.4 Å². The molecule has 1 N–H and O–H groups in total. The predicted octanol–water partition coefficient (Wildman–Crippen LogP) is 5.22. The van der Waals surface area contributed by atoms with Gasteiger partial charge in [0.25, 0.3) is 10.0 Å². The van der Waals surface area contributed by atoms with Crippen molar-refractivity contribution in [3.63, 3.8) is 0 Å². The highest BCUT2D eigenvalue weighted by atomic mass is 32.2. The SMILES string of the molecule is CC[C@H](C)NC(=O)[C@H](CC)N(Cc1ccc(C)cc1)C(=O)CN(c1ccc(C)cc1)S(=O)(=O)c1ccccc1. The van der Waals surface area contributed by atoms with Gasteiger partial charge in [0, 0.05) is 12.6 Å². The first-order valence-electron chi connectivity index (χ1n) is 13.4. The molecule has 0 unspecified atom stereocenters. The Bertz CT molecular complexity index is 1340. The summed E-state index contributed by atoms with van der Waals surface area (Å²) in [6.45, 7) is 9.38. The van der Waals surface area contributed by atoms with Gasteiger partial charge in [-0.05, 0) is 63.4 Å². The number of carbonyl (C=O) groups is 2. The molecular weight excluding hydrogens is 510 g/mol. The smallest absolute Gasteiger partial charge is 0.264 e. The maximum atomic E-state index is 14.0. The third kappa shape index (κ3) is 7.69. The van der Waals surface area contributed by atoms with E-state index >= 15 is 0 Å². The molecule has 0 radical (unpaired) electrons. The van der Waals surface area contributed by atoms with Crippen LogP contribution >= 0.6 is 0 Å². The summed E-state index contributed by atoms with van der Waals surface area (Å²) in [5.41, 5.74) is 3.29. The maximum Gasteiger partial charge on any atom is 0.264 e. The van der Waals surface area contributed by atoms with E-state index in [9.17, 15) is 18.0 Å². The molecule has 2 amide bonds. The largest absolute Gasteiger partial charge is 0.352 e. The van der Waals surface area contributed by atoms with Crippen LogP contribution in [-0.4, -0.2) is 43.8 Å². The highest BCUT2D eigenvalue weighted by molar-refractivity contribution is 7.92. The van der Waals surface area contributed by atoms with E-state index in [2.05, 4.69) is 5.32 Å². The second-order valence-corrected chi connectivity index (χ2v) is 11.8. The van der Waals surface area contributed by atoms with E-state index in [1.165, 1.54) is 17.0 Å². The summed E-state index contributed by atoms with van der Waals surface area (Å²) in [5.74, 6) is -0.707. The van der Waals surface area contributed by atoms with Gasteiger partial charge in [-0.25, -0.2) is 8.42 Å². The van der Waals surface area contributed by atoms with Crippen LogP contribution in [0.2, 0.25) is 0 Å². The lowest BCUT2D eigenvalue weighted by Crippen LogP contribution is -2.53. The molecule has 0 heterocycles. The number of carbonyl (C=O) groups excluding carboxylic acids is 2. The van der Waals surface area contributed by atoms with Gasteiger partial charge < -0.3 is 10.2 Å². The van der Waals surface area contributed by atoms with Crippen molar-refractivity contribution >= 4 is 27.5 Å². The van der Waals surface area contributed by atoms with Crippen LogP contribution in [0.5, 0.6) is 0 Å². The number of benzene rings is 3. The monoisotopic (exact) mass is 549 g/mol. The Labute approximate surface area is 232 Å². The molecular formula is C31H39N3O4S. The summed E-state index contributed by atoms with van der Waals surface area (Å²) in [6, 6.07) is 22.0. The van der Waals surface area contributed by atoms with Crippen LogP contribution in [0.15, 0.2) is 83.8 Å². The molecule has 0 spiro atoms. The summed E-state index contributed by atoms with van der Waals surface area (Å²) >= 11 is 0. The standard InChI is InChI=1S/C31H39N3O4S/c1-6-25(5)32-31(36)29(7-2)33(21-26-17-13-23(3)14-18-26)30(35)22-34(27-19-15-24(4)16-20-27)39(37,38)28-11-9-8-10-12-28/h8-20,25,29H,6-7,21-22H2,1-5H3,(H,32,36)/t25-,29-/m0/s1. The Morgan fingerprint density at radius 3 is 1.92 bits per heavy atom. The van der Waals surface area contributed by atoms with Gasteiger partial charge in [-0.15, -0.1) is 0 Å². The first-order chi connectivity index (χ1) is 18.6. The zero-order valence-corrected chi connectivity index (χ0v) is 24.2. The van der Waals surface area contributed by atoms with Crippen LogP contribution in [0.3, 0.4) is 0 Å². The molecule has 2 atom stereocenters.